The average Bonchev–Trinajstić information content (AvgIpc) is 2.81. The lowest BCUT2D eigenvalue weighted by atomic mass is 10.2. The second-order valence-corrected chi connectivity index (χ2v) is 4.08. The quantitative estimate of drug-likeness (QED) is 0.626. The molecular formula is C13H16N4O2. The van der Waals surface area contributed by atoms with Gasteiger partial charge in [-0.2, -0.15) is 5.10 Å². The molecule has 0 fully saturated rings. The van der Waals surface area contributed by atoms with Gasteiger partial charge in [0, 0.05) is 24.9 Å². The van der Waals surface area contributed by atoms with Crippen molar-refractivity contribution in [3.8, 4) is 11.5 Å². The van der Waals surface area contributed by atoms with E-state index in [1.807, 2.05) is 19.3 Å². The number of hydrogen-bond donors (Lipinski definition) is 2. The van der Waals surface area contributed by atoms with Gasteiger partial charge in [-0.1, -0.05) is 0 Å². The third-order valence-corrected chi connectivity index (χ3v) is 2.58. The van der Waals surface area contributed by atoms with Crippen LogP contribution in [-0.4, -0.2) is 22.7 Å². The third-order valence-electron chi connectivity index (χ3n) is 2.58. The van der Waals surface area contributed by atoms with E-state index in [1.54, 1.807) is 30.0 Å². The molecule has 2 rings (SSSR count). The van der Waals surface area contributed by atoms with E-state index < -0.39 is 0 Å². The summed E-state index contributed by atoms with van der Waals surface area (Å²) < 4.78 is 12.5. The molecule has 3 N–H and O–H groups in total. The number of nitrogens with zero attached hydrogens (tertiary/aromatic N) is 2. The minimum Gasteiger partial charge on any atom is -0.497 e. The number of aromatic nitrogens is 2. The van der Waals surface area contributed by atoms with Crippen LogP contribution in [0.1, 0.15) is 11.3 Å². The predicted molar refractivity (Wildman–Crippen MR) is 71.6 cm³/mol. The number of benzene rings is 1. The summed E-state index contributed by atoms with van der Waals surface area (Å²) in [6.07, 6.45) is 1.85. The van der Waals surface area contributed by atoms with Crippen LogP contribution < -0.4 is 15.2 Å². The molecule has 6 nitrogen and oxygen atoms in total. The van der Waals surface area contributed by atoms with Gasteiger partial charge in [-0.3, -0.25) is 10.1 Å². The molecule has 0 atom stereocenters. The fourth-order valence-electron chi connectivity index (χ4n) is 1.63. The zero-order chi connectivity index (χ0) is 13.8. The molecular weight excluding hydrogens is 244 g/mol. The van der Waals surface area contributed by atoms with Gasteiger partial charge in [0.25, 0.3) is 0 Å². The lowest BCUT2D eigenvalue weighted by Gasteiger charge is -2.09. The number of nitrogen functional groups attached to an aromatic ring is 1. The van der Waals surface area contributed by atoms with Crippen LogP contribution in [0.25, 0.3) is 0 Å². The molecule has 0 aliphatic carbocycles. The van der Waals surface area contributed by atoms with Gasteiger partial charge in [0.2, 0.25) is 0 Å². The molecule has 0 saturated carbocycles. The van der Waals surface area contributed by atoms with Crippen LogP contribution in [0.4, 0.5) is 0 Å². The molecule has 0 spiro atoms. The maximum absolute atomic E-state index is 7.45. The molecule has 100 valence electrons. The number of methoxy groups -OCH3 is 1. The highest BCUT2D eigenvalue weighted by atomic mass is 16.5. The minimum absolute atomic E-state index is 0.0263. The molecule has 0 aliphatic rings. The van der Waals surface area contributed by atoms with Gasteiger partial charge < -0.3 is 15.2 Å². The van der Waals surface area contributed by atoms with Crippen LogP contribution in [-0.2, 0) is 13.7 Å². The first kappa shape index (κ1) is 12.9. The Bertz CT molecular complexity index is 592. The van der Waals surface area contributed by atoms with Crippen molar-refractivity contribution in [2.24, 2.45) is 12.8 Å². The minimum atomic E-state index is -0.0263. The Balaban J connectivity index is 2.15. The molecule has 1 aromatic carbocycles. The summed E-state index contributed by atoms with van der Waals surface area (Å²) in [4.78, 5) is 0. The zero-order valence-corrected chi connectivity index (χ0v) is 10.9. The Morgan fingerprint density at radius 2 is 2.11 bits per heavy atom. The van der Waals surface area contributed by atoms with Crippen molar-refractivity contribution in [1.82, 2.24) is 9.78 Å². The van der Waals surface area contributed by atoms with Crippen molar-refractivity contribution in [2.45, 2.75) is 6.61 Å². The second-order valence-electron chi connectivity index (χ2n) is 4.08. The van der Waals surface area contributed by atoms with E-state index in [2.05, 4.69) is 5.10 Å². The number of ether oxygens (including phenoxy) is 2. The van der Waals surface area contributed by atoms with Gasteiger partial charge in [0.05, 0.1) is 12.8 Å². The highest BCUT2D eigenvalue weighted by Crippen LogP contribution is 2.23. The maximum Gasteiger partial charge on any atom is 0.132 e. The average molecular weight is 260 g/mol. The largest absolute Gasteiger partial charge is 0.497 e. The van der Waals surface area contributed by atoms with Gasteiger partial charge in [-0.25, -0.2) is 0 Å². The van der Waals surface area contributed by atoms with Gasteiger partial charge in [0.1, 0.15) is 23.9 Å². The number of hydrogen-bond acceptors (Lipinski definition) is 4. The van der Waals surface area contributed by atoms with Crippen molar-refractivity contribution in [3.63, 3.8) is 0 Å². The van der Waals surface area contributed by atoms with E-state index >= 15 is 0 Å². The first-order chi connectivity index (χ1) is 9.08. The van der Waals surface area contributed by atoms with Gasteiger partial charge >= 0.3 is 0 Å². The van der Waals surface area contributed by atoms with Crippen molar-refractivity contribution < 1.29 is 9.47 Å². The summed E-state index contributed by atoms with van der Waals surface area (Å²) in [7, 11) is 3.41. The smallest absolute Gasteiger partial charge is 0.132 e. The molecule has 2 aromatic rings. The van der Waals surface area contributed by atoms with Crippen LogP contribution in [0.2, 0.25) is 0 Å². The van der Waals surface area contributed by atoms with Crippen molar-refractivity contribution >= 4 is 5.84 Å². The summed E-state index contributed by atoms with van der Waals surface area (Å²) in [5, 5.41) is 11.7. The lowest BCUT2D eigenvalue weighted by Crippen LogP contribution is -2.11. The zero-order valence-electron chi connectivity index (χ0n) is 10.9. The number of aryl methyl sites for hydroxylation is 1. The van der Waals surface area contributed by atoms with E-state index in [0.29, 0.717) is 23.7 Å². The predicted octanol–water partition coefficient (Wildman–Crippen LogP) is 1.29. The highest BCUT2D eigenvalue weighted by Gasteiger charge is 2.06. The monoisotopic (exact) mass is 260 g/mol. The molecule has 0 saturated heterocycles. The number of nitrogens with one attached hydrogen (secondary N) is 1. The van der Waals surface area contributed by atoms with Gasteiger partial charge in [0.15, 0.2) is 0 Å². The molecule has 19 heavy (non-hydrogen) atoms. The fourth-order valence-corrected chi connectivity index (χ4v) is 1.63. The van der Waals surface area contributed by atoms with Crippen molar-refractivity contribution in [1.29, 1.82) is 5.41 Å². The Morgan fingerprint density at radius 1 is 1.37 bits per heavy atom. The van der Waals surface area contributed by atoms with E-state index in [-0.39, 0.29) is 5.84 Å². The van der Waals surface area contributed by atoms with Crippen LogP contribution in [0.15, 0.2) is 30.5 Å². The molecule has 1 heterocycles. The summed E-state index contributed by atoms with van der Waals surface area (Å²) in [5.74, 6) is 1.17. The molecule has 0 unspecified atom stereocenters. The Kier molecular flexibility index (Phi) is 3.70. The van der Waals surface area contributed by atoms with E-state index in [9.17, 15) is 0 Å². The summed E-state index contributed by atoms with van der Waals surface area (Å²) in [6.45, 7) is 0.353. The van der Waals surface area contributed by atoms with E-state index in [0.717, 1.165) is 5.69 Å². The SMILES string of the molecule is COc1cc(OCc2ccn(C)n2)cc(C(=N)N)c1. The molecule has 0 aliphatic heterocycles. The topological polar surface area (TPSA) is 86.2 Å². The standard InChI is InChI=1S/C13H16N4O2/c1-17-4-3-10(16-17)8-19-12-6-9(13(14)15)5-11(7-12)18-2/h3-7H,8H2,1-2H3,(H3,14,15). The number of nitrogens with two attached hydrogens (primary N) is 1. The maximum atomic E-state index is 7.45. The van der Waals surface area contributed by atoms with E-state index in [1.165, 1.54) is 0 Å². The van der Waals surface area contributed by atoms with Crippen LogP contribution in [0, 0.1) is 5.41 Å². The molecule has 0 bridgehead atoms. The van der Waals surface area contributed by atoms with Crippen LogP contribution in [0.3, 0.4) is 0 Å². The van der Waals surface area contributed by atoms with Crippen LogP contribution >= 0.6 is 0 Å². The molecule has 1 aromatic heterocycles. The van der Waals surface area contributed by atoms with Gasteiger partial charge in [-0.15, -0.1) is 0 Å². The summed E-state index contributed by atoms with van der Waals surface area (Å²) in [6, 6.07) is 7.02. The Hall–Kier alpha value is -2.50. The van der Waals surface area contributed by atoms with Crippen molar-refractivity contribution in [3.05, 3.63) is 41.7 Å². The number of amidine groups is 1. The van der Waals surface area contributed by atoms with E-state index in [4.69, 9.17) is 20.6 Å². The summed E-state index contributed by atoms with van der Waals surface area (Å²) >= 11 is 0. The Labute approximate surface area is 111 Å². The van der Waals surface area contributed by atoms with Crippen LogP contribution in [0.5, 0.6) is 11.5 Å². The first-order valence-electron chi connectivity index (χ1n) is 5.73. The van der Waals surface area contributed by atoms with Gasteiger partial charge in [-0.05, 0) is 18.2 Å². The summed E-state index contributed by atoms with van der Waals surface area (Å²) in [5.41, 5.74) is 6.87. The molecule has 6 heteroatoms. The highest BCUT2D eigenvalue weighted by molar-refractivity contribution is 5.95. The third kappa shape index (κ3) is 3.25. The molecule has 0 radical (unpaired) electrons. The van der Waals surface area contributed by atoms with Crippen molar-refractivity contribution in [2.75, 3.05) is 7.11 Å². The second kappa shape index (κ2) is 5.43. The normalized spacial score (nSPS) is 10.2. The molecule has 0 amide bonds. The first-order valence-corrected chi connectivity index (χ1v) is 5.73. The number of rotatable bonds is 5. The Morgan fingerprint density at radius 3 is 2.68 bits per heavy atom. The lowest BCUT2D eigenvalue weighted by molar-refractivity contribution is 0.297. The fraction of sp³-hybridized carbons (Fsp3) is 0.231.